The summed E-state index contributed by atoms with van der Waals surface area (Å²) in [5.74, 6) is 0.227. The van der Waals surface area contributed by atoms with Gasteiger partial charge in [-0.25, -0.2) is 0 Å². The average molecular weight is 428 g/mol. The largest absolute Gasteiger partial charge is 0.496 e. The average Bonchev–Trinajstić information content (AvgIpc) is 3.16. The zero-order chi connectivity index (χ0) is 22.4. The Morgan fingerprint density at radius 2 is 1.94 bits per heavy atom. The fraction of sp³-hybridized carbons (Fsp3) is 0.478. The summed E-state index contributed by atoms with van der Waals surface area (Å²) in [5, 5.41) is 5.09. The highest BCUT2D eigenvalue weighted by molar-refractivity contribution is 5.91. The van der Waals surface area contributed by atoms with Crippen LogP contribution in [0.2, 0.25) is 0 Å². The molecule has 0 saturated carbocycles. The number of unbranched alkanes of at least 4 members (excludes halogenated alkanes) is 1. The standard InChI is InChI=1S/C23H33N5O3/c1-31-21-10-9-15(17-6-2-3-7-18(17)21)13-28-14-16(12-20(28)22(26)29)27-23(30)19(25)8-4-5-11-24/h2-3,6-7,9-10,16,19-20H,4-5,8,11-14,24-25H2,1H3,(H2,26,29)(H,27,30)/t16-,19-,20-/m0/s1. The van der Waals surface area contributed by atoms with Crippen molar-refractivity contribution in [2.24, 2.45) is 17.2 Å². The molecule has 0 unspecified atom stereocenters. The molecule has 2 aromatic rings. The van der Waals surface area contributed by atoms with Crippen molar-refractivity contribution < 1.29 is 14.3 Å². The molecule has 2 aromatic carbocycles. The highest BCUT2D eigenvalue weighted by atomic mass is 16.5. The van der Waals surface area contributed by atoms with Crippen molar-refractivity contribution in [3.8, 4) is 5.75 Å². The molecule has 3 atom stereocenters. The minimum Gasteiger partial charge on any atom is -0.496 e. The Bertz CT molecular complexity index is 919. The Balaban J connectivity index is 1.71. The lowest BCUT2D eigenvalue weighted by atomic mass is 10.0. The maximum Gasteiger partial charge on any atom is 0.237 e. The summed E-state index contributed by atoms with van der Waals surface area (Å²) in [6.45, 7) is 1.68. The van der Waals surface area contributed by atoms with Gasteiger partial charge in [0.05, 0.1) is 19.2 Å². The van der Waals surface area contributed by atoms with Crippen LogP contribution in [-0.4, -0.2) is 55.0 Å². The predicted octanol–water partition coefficient (Wildman–Crippen LogP) is 0.849. The van der Waals surface area contributed by atoms with E-state index in [1.807, 2.05) is 41.3 Å². The zero-order valence-corrected chi connectivity index (χ0v) is 18.0. The highest BCUT2D eigenvalue weighted by Crippen LogP contribution is 2.30. The molecule has 7 N–H and O–H groups in total. The van der Waals surface area contributed by atoms with Crippen LogP contribution in [0, 0.1) is 0 Å². The zero-order valence-electron chi connectivity index (χ0n) is 18.0. The van der Waals surface area contributed by atoms with E-state index in [2.05, 4.69) is 5.32 Å². The van der Waals surface area contributed by atoms with Crippen molar-refractivity contribution in [3.05, 3.63) is 42.0 Å². The fourth-order valence-corrected chi connectivity index (χ4v) is 4.30. The van der Waals surface area contributed by atoms with E-state index in [0.29, 0.717) is 32.5 Å². The molecule has 31 heavy (non-hydrogen) atoms. The number of likely N-dealkylation sites (tertiary alicyclic amines) is 1. The lowest BCUT2D eigenvalue weighted by Crippen LogP contribution is -2.46. The number of benzene rings is 2. The number of rotatable bonds is 10. The summed E-state index contributed by atoms with van der Waals surface area (Å²) in [7, 11) is 1.65. The first-order valence-electron chi connectivity index (χ1n) is 10.8. The second kappa shape index (κ2) is 10.6. The first-order valence-corrected chi connectivity index (χ1v) is 10.8. The first-order chi connectivity index (χ1) is 14.9. The van der Waals surface area contributed by atoms with Gasteiger partial charge in [-0.15, -0.1) is 0 Å². The summed E-state index contributed by atoms with van der Waals surface area (Å²) in [5.41, 5.74) is 18.3. The van der Waals surface area contributed by atoms with E-state index in [9.17, 15) is 9.59 Å². The summed E-state index contributed by atoms with van der Waals surface area (Å²) in [6, 6.07) is 10.8. The molecule has 1 fully saturated rings. The van der Waals surface area contributed by atoms with Crippen LogP contribution in [0.1, 0.15) is 31.2 Å². The second-order valence-corrected chi connectivity index (χ2v) is 8.15. The van der Waals surface area contributed by atoms with Crippen LogP contribution in [0.25, 0.3) is 10.8 Å². The maximum atomic E-state index is 12.5. The van der Waals surface area contributed by atoms with Crippen LogP contribution in [0.5, 0.6) is 5.75 Å². The molecule has 0 aliphatic carbocycles. The molecule has 3 rings (SSSR count). The molecule has 168 valence electrons. The minimum atomic E-state index is -0.571. The van der Waals surface area contributed by atoms with Crippen molar-refractivity contribution >= 4 is 22.6 Å². The minimum absolute atomic E-state index is 0.171. The van der Waals surface area contributed by atoms with E-state index in [1.165, 1.54) is 0 Å². The number of hydrogen-bond donors (Lipinski definition) is 4. The third-order valence-corrected chi connectivity index (χ3v) is 5.95. The summed E-state index contributed by atoms with van der Waals surface area (Å²) in [6.07, 6.45) is 2.73. The fourth-order valence-electron chi connectivity index (χ4n) is 4.30. The molecule has 2 amide bonds. The van der Waals surface area contributed by atoms with Crippen LogP contribution in [0.3, 0.4) is 0 Å². The molecule has 1 aliphatic rings. The van der Waals surface area contributed by atoms with Gasteiger partial charge in [0, 0.05) is 24.5 Å². The van der Waals surface area contributed by atoms with Crippen molar-refractivity contribution in [2.45, 2.75) is 50.4 Å². The molecule has 0 aromatic heterocycles. The molecule has 0 spiro atoms. The Morgan fingerprint density at radius 1 is 1.19 bits per heavy atom. The molecular weight excluding hydrogens is 394 g/mol. The third-order valence-electron chi connectivity index (χ3n) is 5.95. The van der Waals surface area contributed by atoms with Gasteiger partial charge in [0.25, 0.3) is 0 Å². The van der Waals surface area contributed by atoms with E-state index in [-0.39, 0.29) is 17.9 Å². The van der Waals surface area contributed by atoms with Crippen LogP contribution < -0.4 is 27.3 Å². The van der Waals surface area contributed by atoms with Gasteiger partial charge in [-0.1, -0.05) is 36.8 Å². The molecule has 0 radical (unpaired) electrons. The molecule has 1 saturated heterocycles. The van der Waals surface area contributed by atoms with Crippen molar-refractivity contribution in [1.82, 2.24) is 10.2 Å². The van der Waals surface area contributed by atoms with Crippen molar-refractivity contribution in [2.75, 3.05) is 20.2 Å². The number of carbonyl (C=O) groups is 2. The second-order valence-electron chi connectivity index (χ2n) is 8.15. The first kappa shape index (κ1) is 23.0. The molecule has 1 aliphatic heterocycles. The van der Waals surface area contributed by atoms with Gasteiger partial charge in [-0.3, -0.25) is 14.5 Å². The number of ether oxygens (including phenoxy) is 1. The summed E-state index contributed by atoms with van der Waals surface area (Å²) < 4.78 is 5.48. The highest BCUT2D eigenvalue weighted by Gasteiger charge is 2.37. The molecule has 8 heteroatoms. The van der Waals surface area contributed by atoms with Crippen molar-refractivity contribution in [1.29, 1.82) is 0 Å². The Labute approximate surface area is 183 Å². The maximum absolute atomic E-state index is 12.5. The number of nitrogens with two attached hydrogens (primary N) is 3. The Hall–Kier alpha value is -2.68. The number of fused-ring (bicyclic) bond motifs is 1. The molecule has 8 nitrogen and oxygen atoms in total. The lowest BCUT2D eigenvalue weighted by molar-refractivity contribution is -0.124. The van der Waals surface area contributed by atoms with E-state index in [4.69, 9.17) is 21.9 Å². The number of nitrogens with zero attached hydrogens (tertiary/aromatic N) is 1. The van der Waals surface area contributed by atoms with Crippen LogP contribution in [0.15, 0.2) is 36.4 Å². The Kier molecular flexibility index (Phi) is 7.84. The number of primary amides is 1. The normalized spacial score (nSPS) is 20.0. The quantitative estimate of drug-likeness (QED) is 0.415. The lowest BCUT2D eigenvalue weighted by Gasteiger charge is -2.23. The molecule has 0 bridgehead atoms. The van der Waals surface area contributed by atoms with E-state index in [1.54, 1.807) is 7.11 Å². The monoisotopic (exact) mass is 427 g/mol. The number of carbonyl (C=O) groups excluding carboxylic acids is 2. The third kappa shape index (κ3) is 5.52. The van der Waals surface area contributed by atoms with E-state index < -0.39 is 12.1 Å². The van der Waals surface area contributed by atoms with E-state index >= 15 is 0 Å². The van der Waals surface area contributed by atoms with Gasteiger partial charge in [-0.2, -0.15) is 0 Å². The van der Waals surface area contributed by atoms with Gasteiger partial charge in [-0.05, 0) is 42.8 Å². The number of nitrogens with one attached hydrogen (secondary N) is 1. The number of hydrogen-bond acceptors (Lipinski definition) is 6. The van der Waals surface area contributed by atoms with Gasteiger partial charge in [0.2, 0.25) is 11.8 Å². The van der Waals surface area contributed by atoms with Crippen LogP contribution in [-0.2, 0) is 16.1 Å². The smallest absolute Gasteiger partial charge is 0.237 e. The Morgan fingerprint density at radius 3 is 2.61 bits per heavy atom. The van der Waals surface area contributed by atoms with E-state index in [0.717, 1.165) is 34.9 Å². The van der Waals surface area contributed by atoms with Gasteiger partial charge >= 0.3 is 0 Å². The summed E-state index contributed by atoms with van der Waals surface area (Å²) in [4.78, 5) is 26.6. The number of methoxy groups -OCH3 is 1. The van der Waals surface area contributed by atoms with Gasteiger partial charge < -0.3 is 27.3 Å². The van der Waals surface area contributed by atoms with Crippen LogP contribution in [0.4, 0.5) is 0 Å². The number of amides is 2. The SMILES string of the molecule is COc1ccc(CN2C[C@@H](NC(=O)[C@@H](N)CCCCN)C[C@H]2C(N)=O)c2ccccc12. The topological polar surface area (TPSA) is 137 Å². The molecular formula is C23H33N5O3. The predicted molar refractivity (Wildman–Crippen MR) is 121 cm³/mol. The van der Waals surface area contributed by atoms with Gasteiger partial charge in [0.15, 0.2) is 0 Å². The van der Waals surface area contributed by atoms with Crippen molar-refractivity contribution in [3.63, 3.8) is 0 Å². The van der Waals surface area contributed by atoms with Gasteiger partial charge in [0.1, 0.15) is 5.75 Å². The molecule has 1 heterocycles. The summed E-state index contributed by atoms with van der Waals surface area (Å²) >= 11 is 0. The van der Waals surface area contributed by atoms with Crippen LogP contribution >= 0.6 is 0 Å².